The molecular formula is C35H45N3O5S. The third-order valence-electron chi connectivity index (χ3n) is 8.19. The van der Waals surface area contributed by atoms with Crippen molar-refractivity contribution in [2.75, 3.05) is 24.2 Å². The number of amides is 2. The Morgan fingerprint density at radius 2 is 1.64 bits per heavy atom. The predicted molar refractivity (Wildman–Crippen MR) is 175 cm³/mol. The van der Waals surface area contributed by atoms with Gasteiger partial charge in [0.25, 0.3) is 0 Å². The van der Waals surface area contributed by atoms with E-state index >= 15 is 0 Å². The van der Waals surface area contributed by atoms with E-state index in [9.17, 15) is 18.0 Å². The summed E-state index contributed by atoms with van der Waals surface area (Å²) < 4.78 is 32.1. The summed E-state index contributed by atoms with van der Waals surface area (Å²) in [5.41, 5.74) is 3.49. The number of rotatable bonds is 14. The summed E-state index contributed by atoms with van der Waals surface area (Å²) in [6, 6.07) is 24.0. The van der Waals surface area contributed by atoms with E-state index in [0.29, 0.717) is 17.9 Å². The van der Waals surface area contributed by atoms with Gasteiger partial charge >= 0.3 is 0 Å². The molecule has 4 rings (SSSR count). The SMILES string of the molecule is COc1cccc(N(CCCC(=O)N(Cc2ccc(C)cc2)[C@@H](Cc2ccccc2)C(=O)NC2CCCCC2)S(C)(=O)=O)c1. The molecule has 236 valence electrons. The molecule has 1 N–H and O–H groups in total. The van der Waals surface area contributed by atoms with Crippen molar-refractivity contribution in [2.45, 2.75) is 76.9 Å². The monoisotopic (exact) mass is 619 g/mol. The number of ether oxygens (including phenoxy) is 1. The molecule has 0 aromatic heterocycles. The molecule has 1 saturated carbocycles. The summed E-state index contributed by atoms with van der Waals surface area (Å²) in [4.78, 5) is 29.7. The van der Waals surface area contributed by atoms with Crippen molar-refractivity contribution in [3.63, 3.8) is 0 Å². The second-order valence-corrected chi connectivity index (χ2v) is 13.6. The fourth-order valence-electron chi connectivity index (χ4n) is 5.76. The van der Waals surface area contributed by atoms with Crippen molar-refractivity contribution in [3.8, 4) is 5.75 Å². The lowest BCUT2D eigenvalue weighted by Crippen LogP contribution is -2.52. The highest BCUT2D eigenvalue weighted by Gasteiger charge is 2.32. The quantitative estimate of drug-likeness (QED) is 0.252. The van der Waals surface area contributed by atoms with Gasteiger partial charge in [0.1, 0.15) is 11.8 Å². The molecular weight excluding hydrogens is 574 g/mol. The van der Waals surface area contributed by atoms with Gasteiger partial charge < -0.3 is 15.0 Å². The van der Waals surface area contributed by atoms with Crippen molar-refractivity contribution in [1.82, 2.24) is 10.2 Å². The Morgan fingerprint density at radius 3 is 2.30 bits per heavy atom. The van der Waals surface area contributed by atoms with E-state index in [2.05, 4.69) is 5.32 Å². The lowest BCUT2D eigenvalue weighted by Gasteiger charge is -2.34. The minimum absolute atomic E-state index is 0.0872. The number of nitrogens with one attached hydrogen (secondary N) is 1. The van der Waals surface area contributed by atoms with Gasteiger partial charge in [-0.25, -0.2) is 8.42 Å². The number of carbonyl (C=O) groups is 2. The van der Waals surface area contributed by atoms with Crippen molar-refractivity contribution in [3.05, 3.63) is 95.6 Å². The minimum Gasteiger partial charge on any atom is -0.497 e. The van der Waals surface area contributed by atoms with Crippen LogP contribution in [0.1, 0.15) is 61.6 Å². The Bertz CT molecular complexity index is 1470. The number of hydrogen-bond acceptors (Lipinski definition) is 5. The van der Waals surface area contributed by atoms with E-state index in [1.54, 1.807) is 29.2 Å². The van der Waals surface area contributed by atoms with Crippen LogP contribution in [0.2, 0.25) is 0 Å². The fourth-order valence-corrected chi connectivity index (χ4v) is 6.72. The van der Waals surface area contributed by atoms with Crippen molar-refractivity contribution < 1.29 is 22.7 Å². The first-order valence-corrected chi connectivity index (χ1v) is 17.3. The summed E-state index contributed by atoms with van der Waals surface area (Å²) in [6.07, 6.45) is 7.16. The molecule has 1 aliphatic rings. The van der Waals surface area contributed by atoms with Crippen molar-refractivity contribution in [2.24, 2.45) is 0 Å². The lowest BCUT2D eigenvalue weighted by atomic mass is 9.94. The number of methoxy groups -OCH3 is 1. The molecule has 0 spiro atoms. The zero-order valence-electron chi connectivity index (χ0n) is 26.1. The zero-order chi connectivity index (χ0) is 31.5. The number of carbonyl (C=O) groups excluding carboxylic acids is 2. The smallest absolute Gasteiger partial charge is 0.243 e. The number of aryl methyl sites for hydroxylation is 1. The number of anilines is 1. The highest BCUT2D eigenvalue weighted by atomic mass is 32.2. The Hall–Kier alpha value is -3.85. The van der Waals surface area contributed by atoms with E-state index in [1.807, 2.05) is 61.5 Å². The molecule has 0 aliphatic heterocycles. The maximum Gasteiger partial charge on any atom is 0.243 e. The van der Waals surface area contributed by atoms with E-state index in [-0.39, 0.29) is 43.8 Å². The first-order valence-electron chi connectivity index (χ1n) is 15.4. The first-order chi connectivity index (χ1) is 21.1. The third-order valence-corrected chi connectivity index (χ3v) is 9.38. The van der Waals surface area contributed by atoms with Crippen molar-refractivity contribution in [1.29, 1.82) is 0 Å². The molecule has 0 saturated heterocycles. The standard InChI is InChI=1S/C35H45N3O5S/c1-27-19-21-29(22-20-27)26-37(33(24-28-12-6-4-7-13-28)35(40)36-30-14-8-5-9-15-30)34(39)18-11-23-38(44(3,41)42)31-16-10-17-32(25-31)43-2/h4,6-7,10,12-13,16-17,19-22,25,30,33H,5,8-9,11,14-15,18,23-24,26H2,1-3H3,(H,36,40)/t33-/m0/s1. The Morgan fingerprint density at radius 1 is 0.932 bits per heavy atom. The van der Waals surface area contributed by atoms with Crippen LogP contribution in [0.15, 0.2) is 78.9 Å². The molecule has 0 bridgehead atoms. The molecule has 1 aliphatic carbocycles. The maximum atomic E-state index is 14.1. The van der Waals surface area contributed by atoms with Crippen LogP contribution < -0.4 is 14.4 Å². The second-order valence-electron chi connectivity index (χ2n) is 11.7. The number of benzene rings is 3. The summed E-state index contributed by atoms with van der Waals surface area (Å²) in [5, 5.41) is 3.26. The van der Waals surface area contributed by atoms with Gasteiger partial charge in [0.05, 0.1) is 19.1 Å². The summed E-state index contributed by atoms with van der Waals surface area (Å²) in [6.45, 7) is 2.41. The van der Waals surface area contributed by atoms with E-state index < -0.39 is 16.1 Å². The third kappa shape index (κ3) is 9.58. The lowest BCUT2D eigenvalue weighted by molar-refractivity contribution is -0.141. The highest BCUT2D eigenvalue weighted by Crippen LogP contribution is 2.25. The van der Waals surface area contributed by atoms with Crippen molar-refractivity contribution >= 4 is 27.5 Å². The van der Waals surface area contributed by atoms with Crippen LogP contribution in [-0.2, 0) is 32.6 Å². The van der Waals surface area contributed by atoms with Crippen LogP contribution >= 0.6 is 0 Å². The topological polar surface area (TPSA) is 96.0 Å². The molecule has 1 atom stereocenters. The van der Waals surface area contributed by atoms with Crippen LogP contribution in [0.3, 0.4) is 0 Å². The predicted octanol–water partition coefficient (Wildman–Crippen LogP) is 5.64. The average molecular weight is 620 g/mol. The number of hydrogen-bond donors (Lipinski definition) is 1. The largest absolute Gasteiger partial charge is 0.497 e. The zero-order valence-corrected chi connectivity index (χ0v) is 26.9. The molecule has 2 amide bonds. The van der Waals surface area contributed by atoms with Gasteiger partial charge in [-0.15, -0.1) is 0 Å². The fraction of sp³-hybridized carbons (Fsp3) is 0.429. The van der Waals surface area contributed by atoms with E-state index in [1.165, 1.54) is 17.8 Å². The second kappa shape index (κ2) is 15.7. The average Bonchev–Trinajstić information content (AvgIpc) is 3.02. The molecule has 3 aromatic carbocycles. The molecule has 8 nitrogen and oxygen atoms in total. The summed E-state index contributed by atoms with van der Waals surface area (Å²) in [5.74, 6) is 0.212. The number of nitrogens with zero attached hydrogens (tertiary/aromatic N) is 2. The van der Waals surface area contributed by atoms with Gasteiger partial charge in [-0.3, -0.25) is 13.9 Å². The Balaban J connectivity index is 1.58. The highest BCUT2D eigenvalue weighted by molar-refractivity contribution is 7.92. The number of sulfonamides is 1. The molecule has 44 heavy (non-hydrogen) atoms. The molecule has 3 aromatic rings. The molecule has 0 heterocycles. The van der Waals surface area contributed by atoms with Gasteiger partial charge in [-0.05, 0) is 49.4 Å². The Labute approximate surface area is 262 Å². The molecule has 0 radical (unpaired) electrons. The van der Waals surface area contributed by atoms with Gasteiger partial charge in [0.2, 0.25) is 21.8 Å². The molecule has 0 unspecified atom stereocenters. The first kappa shape index (κ1) is 33.1. The van der Waals surface area contributed by atoms with E-state index in [0.717, 1.165) is 48.6 Å². The molecule has 1 fully saturated rings. The van der Waals surface area contributed by atoms with Gasteiger partial charge in [-0.1, -0.05) is 85.5 Å². The molecule has 9 heteroatoms. The van der Waals surface area contributed by atoms with Gasteiger partial charge in [0.15, 0.2) is 0 Å². The summed E-state index contributed by atoms with van der Waals surface area (Å²) in [7, 11) is -2.08. The van der Waals surface area contributed by atoms with Crippen LogP contribution in [0, 0.1) is 6.92 Å². The Kier molecular flexibility index (Phi) is 11.8. The van der Waals surface area contributed by atoms with Crippen LogP contribution in [0.25, 0.3) is 0 Å². The van der Waals surface area contributed by atoms with Gasteiger partial charge in [0, 0.05) is 38.0 Å². The van der Waals surface area contributed by atoms with Crippen LogP contribution in [0.4, 0.5) is 5.69 Å². The minimum atomic E-state index is -3.61. The van der Waals surface area contributed by atoms with Crippen LogP contribution in [0.5, 0.6) is 5.75 Å². The normalized spacial score (nSPS) is 14.4. The van der Waals surface area contributed by atoms with E-state index in [4.69, 9.17) is 4.74 Å². The summed E-state index contributed by atoms with van der Waals surface area (Å²) >= 11 is 0. The van der Waals surface area contributed by atoms with Crippen LogP contribution in [-0.4, -0.2) is 57.1 Å². The van der Waals surface area contributed by atoms with Gasteiger partial charge in [-0.2, -0.15) is 0 Å². The maximum absolute atomic E-state index is 14.1.